The third-order valence-corrected chi connectivity index (χ3v) is 7.47. The van der Waals surface area contributed by atoms with E-state index in [-0.39, 0.29) is 5.75 Å². The van der Waals surface area contributed by atoms with Crippen molar-refractivity contribution in [1.29, 1.82) is 0 Å². The summed E-state index contributed by atoms with van der Waals surface area (Å²) >= 11 is 0. The molecule has 0 amide bonds. The lowest BCUT2D eigenvalue weighted by Gasteiger charge is -2.27. The highest BCUT2D eigenvalue weighted by Gasteiger charge is 2.31. The first-order chi connectivity index (χ1) is 16.6. The Hall–Kier alpha value is -3.28. The van der Waals surface area contributed by atoms with Crippen molar-refractivity contribution >= 4 is 17.1 Å². The second kappa shape index (κ2) is 9.53. The molecule has 0 saturated carbocycles. The zero-order valence-corrected chi connectivity index (χ0v) is 20.0. The van der Waals surface area contributed by atoms with Crippen LogP contribution >= 0.6 is 0 Å². The molecule has 2 unspecified atom stereocenters. The highest BCUT2D eigenvalue weighted by atomic mass is 19.1. The van der Waals surface area contributed by atoms with E-state index in [1.54, 1.807) is 6.07 Å². The maximum absolute atomic E-state index is 14.5. The number of para-hydroxylation sites is 1. The molecule has 0 fully saturated rings. The van der Waals surface area contributed by atoms with Gasteiger partial charge in [0, 0.05) is 47.4 Å². The lowest BCUT2D eigenvalue weighted by atomic mass is 9.87. The maximum Gasteiger partial charge on any atom is 0.177 e. The van der Waals surface area contributed by atoms with Crippen molar-refractivity contribution < 1.29 is 9.13 Å². The van der Waals surface area contributed by atoms with Crippen LogP contribution in [0, 0.1) is 11.7 Å². The molecule has 0 spiro atoms. The largest absolute Gasteiger partial charge is 0.492 e. The monoisotopic (exact) mass is 460 g/mol. The molecule has 3 N–H and O–H groups in total. The van der Waals surface area contributed by atoms with Crippen LogP contribution in [0.15, 0.2) is 43.2 Å². The Labute approximate surface area is 200 Å². The average molecular weight is 461 g/mol. The van der Waals surface area contributed by atoms with E-state index < -0.39 is 5.82 Å². The quantitative estimate of drug-likeness (QED) is 0.402. The first-order valence-electron chi connectivity index (χ1n) is 12.3. The second-order valence-electron chi connectivity index (χ2n) is 9.44. The molecule has 2 aromatic heterocycles. The van der Waals surface area contributed by atoms with E-state index in [0.29, 0.717) is 11.6 Å². The minimum Gasteiger partial charge on any atom is -0.492 e. The number of fused-ring (bicyclic) bond motifs is 3. The number of hydrogen-bond acceptors (Lipinski definition) is 4. The van der Waals surface area contributed by atoms with E-state index in [0.717, 1.165) is 59.9 Å². The van der Waals surface area contributed by atoms with Crippen molar-refractivity contribution in [2.45, 2.75) is 51.4 Å². The number of aromatic nitrogens is 2. The van der Waals surface area contributed by atoms with Crippen molar-refractivity contribution in [3.63, 3.8) is 0 Å². The summed E-state index contributed by atoms with van der Waals surface area (Å²) in [5.41, 5.74) is 7.97. The summed E-state index contributed by atoms with van der Waals surface area (Å²) in [5, 5.41) is 7.05. The van der Waals surface area contributed by atoms with E-state index in [1.807, 2.05) is 18.5 Å². The van der Waals surface area contributed by atoms with Crippen LogP contribution in [0.3, 0.4) is 0 Å². The Morgan fingerprint density at radius 1 is 1.24 bits per heavy atom. The number of benzene rings is 1. The number of nitrogens with zero attached hydrogens (tertiary/aromatic N) is 1. The van der Waals surface area contributed by atoms with E-state index in [9.17, 15) is 4.39 Å². The normalized spacial score (nSPS) is 19.9. The van der Waals surface area contributed by atoms with Gasteiger partial charge in [-0.3, -0.25) is 4.98 Å². The lowest BCUT2D eigenvalue weighted by Crippen LogP contribution is -2.27. The van der Waals surface area contributed by atoms with Gasteiger partial charge in [0.05, 0.1) is 24.2 Å². The predicted molar refractivity (Wildman–Crippen MR) is 136 cm³/mol. The molecule has 4 heterocycles. The Morgan fingerprint density at radius 2 is 2.12 bits per heavy atom. The van der Waals surface area contributed by atoms with Gasteiger partial charge in [-0.25, -0.2) is 4.39 Å². The SMILES string of the molecule is C=C1NCC2CCCC(CC)CCc3cnccc3-c3[nH]c2c1c3Nc1cccc(F)c1OC. The minimum atomic E-state index is -0.394. The zero-order valence-electron chi connectivity index (χ0n) is 20.0. The molecule has 5 rings (SSSR count). The van der Waals surface area contributed by atoms with Crippen LogP contribution in [0.2, 0.25) is 0 Å². The van der Waals surface area contributed by atoms with Gasteiger partial charge in [0.1, 0.15) is 0 Å². The van der Waals surface area contributed by atoms with E-state index in [1.165, 1.54) is 43.7 Å². The average Bonchev–Trinajstić information content (AvgIpc) is 3.22. The van der Waals surface area contributed by atoms with Gasteiger partial charge in [0.2, 0.25) is 0 Å². The van der Waals surface area contributed by atoms with Crippen LogP contribution in [0.5, 0.6) is 5.75 Å². The van der Waals surface area contributed by atoms with Gasteiger partial charge in [-0.05, 0) is 48.9 Å². The van der Waals surface area contributed by atoms with Gasteiger partial charge in [-0.15, -0.1) is 0 Å². The first kappa shape index (κ1) is 22.5. The van der Waals surface area contributed by atoms with Crippen molar-refractivity contribution in [1.82, 2.24) is 15.3 Å². The number of hydrogen-bond donors (Lipinski definition) is 3. The Kier molecular flexibility index (Phi) is 6.31. The molecule has 2 aliphatic heterocycles. The van der Waals surface area contributed by atoms with Crippen molar-refractivity contribution in [2.75, 3.05) is 19.0 Å². The molecule has 0 radical (unpaired) electrons. The van der Waals surface area contributed by atoms with E-state index in [2.05, 4.69) is 40.2 Å². The van der Waals surface area contributed by atoms with Gasteiger partial charge in [0.25, 0.3) is 0 Å². The summed E-state index contributed by atoms with van der Waals surface area (Å²) in [5.74, 6) is 0.898. The number of aromatic amines is 1. The standard InChI is InChI=1S/C28H33FN4O/c1-4-18-7-5-8-20-16-31-17(2)24-25(20)33-26(21-13-14-30-15-19(21)12-11-18)27(24)32-23-10-6-9-22(29)28(23)34-3/h6,9-10,13-15,18,20,31-33H,2,4-5,7-8,11-12,16H2,1,3H3. The summed E-state index contributed by atoms with van der Waals surface area (Å²) in [7, 11) is 1.49. The molecule has 34 heavy (non-hydrogen) atoms. The summed E-state index contributed by atoms with van der Waals surface area (Å²) in [6.07, 6.45) is 10.8. The highest BCUT2D eigenvalue weighted by Crippen LogP contribution is 2.46. The molecule has 2 bridgehead atoms. The third kappa shape index (κ3) is 4.06. The van der Waals surface area contributed by atoms with Crippen LogP contribution in [-0.4, -0.2) is 23.6 Å². The molecule has 0 saturated heterocycles. The van der Waals surface area contributed by atoms with E-state index >= 15 is 0 Å². The van der Waals surface area contributed by atoms with Crippen LogP contribution in [0.1, 0.15) is 61.8 Å². The number of H-pyrrole nitrogens is 1. The number of nitrogens with one attached hydrogen (secondary N) is 3. The van der Waals surface area contributed by atoms with Crippen LogP contribution in [0.25, 0.3) is 17.0 Å². The second-order valence-corrected chi connectivity index (χ2v) is 9.44. The van der Waals surface area contributed by atoms with Crippen molar-refractivity contribution in [2.24, 2.45) is 5.92 Å². The topological polar surface area (TPSA) is 62.0 Å². The van der Waals surface area contributed by atoms with Gasteiger partial charge < -0.3 is 20.4 Å². The number of pyridine rings is 1. The summed E-state index contributed by atoms with van der Waals surface area (Å²) in [4.78, 5) is 8.22. The zero-order chi connectivity index (χ0) is 23.7. The number of halogens is 1. The highest BCUT2D eigenvalue weighted by molar-refractivity contribution is 5.92. The first-order valence-corrected chi connectivity index (χ1v) is 12.3. The molecule has 2 aliphatic rings. The van der Waals surface area contributed by atoms with Gasteiger partial charge >= 0.3 is 0 Å². The summed E-state index contributed by atoms with van der Waals surface area (Å²) in [6, 6.07) is 7.03. The number of rotatable bonds is 4. The fraction of sp³-hybridized carbons (Fsp3) is 0.393. The van der Waals surface area contributed by atoms with E-state index in [4.69, 9.17) is 4.74 Å². The molecular formula is C28H33FN4O. The summed E-state index contributed by atoms with van der Waals surface area (Å²) in [6.45, 7) is 7.50. The summed E-state index contributed by atoms with van der Waals surface area (Å²) < 4.78 is 19.9. The molecule has 178 valence electrons. The molecule has 5 nitrogen and oxygen atoms in total. The third-order valence-electron chi connectivity index (χ3n) is 7.47. The number of anilines is 2. The molecular weight excluding hydrogens is 427 g/mol. The Balaban J connectivity index is 1.70. The Morgan fingerprint density at radius 3 is 2.94 bits per heavy atom. The maximum atomic E-state index is 14.5. The number of aryl methyl sites for hydroxylation is 1. The predicted octanol–water partition coefficient (Wildman–Crippen LogP) is 6.77. The van der Waals surface area contributed by atoms with Crippen molar-refractivity contribution in [3.05, 3.63) is 65.9 Å². The molecule has 6 heteroatoms. The molecule has 2 atom stereocenters. The van der Waals surface area contributed by atoms with Crippen LogP contribution in [0.4, 0.5) is 15.8 Å². The lowest BCUT2D eigenvalue weighted by molar-refractivity contribution is 0.388. The fourth-order valence-corrected chi connectivity index (χ4v) is 5.53. The minimum absolute atomic E-state index is 0.202. The van der Waals surface area contributed by atoms with Crippen LogP contribution < -0.4 is 15.4 Å². The van der Waals surface area contributed by atoms with Crippen molar-refractivity contribution in [3.8, 4) is 17.0 Å². The molecule has 1 aromatic carbocycles. The number of methoxy groups -OCH3 is 1. The van der Waals surface area contributed by atoms with Gasteiger partial charge in [-0.2, -0.15) is 0 Å². The molecule has 3 aromatic rings. The van der Waals surface area contributed by atoms with Crippen LogP contribution in [-0.2, 0) is 6.42 Å². The van der Waals surface area contributed by atoms with Gasteiger partial charge in [0.15, 0.2) is 11.6 Å². The smallest absolute Gasteiger partial charge is 0.177 e. The number of ether oxygens (including phenoxy) is 1. The Bertz CT molecular complexity index is 1200. The fourth-order valence-electron chi connectivity index (χ4n) is 5.53. The molecule has 0 aliphatic carbocycles. The van der Waals surface area contributed by atoms with Gasteiger partial charge in [-0.1, -0.05) is 38.8 Å².